The summed E-state index contributed by atoms with van der Waals surface area (Å²) in [5.74, 6) is 0.421. The number of anilines is 1. The molecule has 0 radical (unpaired) electrons. The number of aromatic nitrogens is 4. The molecule has 3 aromatic heterocycles. The van der Waals surface area contributed by atoms with Crippen LogP contribution < -0.4 is 5.32 Å². The molecule has 4 rings (SSSR count). The van der Waals surface area contributed by atoms with E-state index in [2.05, 4.69) is 20.4 Å². The smallest absolute Gasteiger partial charge is 0.407 e. The molecular weight excluding hydrogens is 375 g/mol. The van der Waals surface area contributed by atoms with E-state index in [0.717, 1.165) is 12.8 Å². The standard InChI is InChI=1S/C17H16ClFN6O2/c18-12-9-25-14(6-13(12)19)11(7-21-25)16-20-4-3-15(23-16)22-10-2-1-5-24(8-10)17(26)27/h3-4,6-7,9-10H,1-2,5,8H2,(H,26,27)(H,20,22,23)/t10-/m1/s1. The van der Waals surface area contributed by atoms with Crippen molar-refractivity contribution in [3.63, 3.8) is 0 Å². The molecule has 0 spiro atoms. The number of carbonyl (C=O) groups is 1. The van der Waals surface area contributed by atoms with Crippen molar-refractivity contribution in [1.29, 1.82) is 0 Å². The number of nitrogens with one attached hydrogen (secondary N) is 1. The summed E-state index contributed by atoms with van der Waals surface area (Å²) >= 11 is 5.79. The van der Waals surface area contributed by atoms with Gasteiger partial charge in [0, 0.05) is 31.4 Å². The molecule has 1 aliphatic heterocycles. The summed E-state index contributed by atoms with van der Waals surface area (Å²) < 4.78 is 15.3. The Morgan fingerprint density at radius 1 is 1.44 bits per heavy atom. The number of hydrogen-bond acceptors (Lipinski definition) is 5. The fourth-order valence-electron chi connectivity index (χ4n) is 3.20. The second-order valence-electron chi connectivity index (χ2n) is 6.33. The Labute approximate surface area is 158 Å². The van der Waals surface area contributed by atoms with E-state index in [9.17, 15) is 9.18 Å². The summed E-state index contributed by atoms with van der Waals surface area (Å²) in [7, 11) is 0. The van der Waals surface area contributed by atoms with Crippen LogP contribution in [0.2, 0.25) is 5.02 Å². The SMILES string of the molecule is O=C(O)N1CCC[C@@H](Nc2ccnc(-c3cnn4cc(Cl)c(F)cc34)n2)C1. The van der Waals surface area contributed by atoms with Gasteiger partial charge in [-0.05, 0) is 18.9 Å². The van der Waals surface area contributed by atoms with Crippen LogP contribution in [0.15, 0.2) is 30.7 Å². The van der Waals surface area contributed by atoms with Crippen LogP contribution in [-0.2, 0) is 0 Å². The van der Waals surface area contributed by atoms with Crippen molar-refractivity contribution < 1.29 is 14.3 Å². The highest BCUT2D eigenvalue weighted by Gasteiger charge is 2.23. The van der Waals surface area contributed by atoms with Gasteiger partial charge in [-0.25, -0.2) is 23.7 Å². The van der Waals surface area contributed by atoms with Gasteiger partial charge in [0.15, 0.2) is 5.82 Å². The average molecular weight is 391 g/mol. The molecule has 10 heteroatoms. The van der Waals surface area contributed by atoms with Gasteiger partial charge in [-0.2, -0.15) is 5.10 Å². The molecule has 4 heterocycles. The van der Waals surface area contributed by atoms with Crippen LogP contribution in [0, 0.1) is 5.82 Å². The topological polar surface area (TPSA) is 95.7 Å². The molecule has 0 bridgehead atoms. The van der Waals surface area contributed by atoms with Crippen LogP contribution >= 0.6 is 11.6 Å². The lowest BCUT2D eigenvalue weighted by molar-refractivity contribution is 0.133. The van der Waals surface area contributed by atoms with E-state index < -0.39 is 11.9 Å². The Hall–Kier alpha value is -2.94. The first-order valence-corrected chi connectivity index (χ1v) is 8.79. The van der Waals surface area contributed by atoms with Crippen molar-refractivity contribution in [2.24, 2.45) is 0 Å². The van der Waals surface area contributed by atoms with Gasteiger partial charge in [0.1, 0.15) is 11.6 Å². The Bertz CT molecular complexity index is 1010. The zero-order valence-electron chi connectivity index (χ0n) is 14.1. The van der Waals surface area contributed by atoms with Crippen molar-refractivity contribution in [2.75, 3.05) is 18.4 Å². The fourth-order valence-corrected chi connectivity index (χ4v) is 3.34. The van der Waals surface area contributed by atoms with Gasteiger partial charge in [0.25, 0.3) is 0 Å². The lowest BCUT2D eigenvalue weighted by Gasteiger charge is -2.31. The van der Waals surface area contributed by atoms with Crippen LogP contribution in [0.25, 0.3) is 16.9 Å². The molecule has 140 valence electrons. The Kier molecular flexibility index (Phi) is 4.53. The number of hydrogen-bond donors (Lipinski definition) is 2. The predicted octanol–water partition coefficient (Wildman–Crippen LogP) is 3.14. The number of likely N-dealkylation sites (tertiary alicyclic amines) is 1. The molecule has 0 aromatic carbocycles. The normalized spacial score (nSPS) is 17.3. The van der Waals surface area contributed by atoms with E-state index in [-0.39, 0.29) is 11.1 Å². The highest BCUT2D eigenvalue weighted by Crippen LogP contribution is 2.25. The Balaban J connectivity index is 1.60. The molecule has 0 saturated carbocycles. The highest BCUT2D eigenvalue weighted by atomic mass is 35.5. The molecule has 1 saturated heterocycles. The zero-order chi connectivity index (χ0) is 19.0. The molecular formula is C17H16ClFN6O2. The van der Waals surface area contributed by atoms with Crippen molar-refractivity contribution in [1.82, 2.24) is 24.5 Å². The summed E-state index contributed by atoms with van der Waals surface area (Å²) in [4.78, 5) is 21.3. The first-order valence-electron chi connectivity index (χ1n) is 8.41. The van der Waals surface area contributed by atoms with E-state index in [4.69, 9.17) is 16.7 Å². The summed E-state index contributed by atoms with van der Waals surface area (Å²) in [5, 5.41) is 16.6. The van der Waals surface area contributed by atoms with Crippen LogP contribution in [-0.4, -0.2) is 54.8 Å². The van der Waals surface area contributed by atoms with Gasteiger partial charge in [-0.1, -0.05) is 11.6 Å². The van der Waals surface area contributed by atoms with E-state index in [0.29, 0.717) is 35.8 Å². The second kappa shape index (κ2) is 6.99. The largest absolute Gasteiger partial charge is 0.465 e. The maximum atomic E-state index is 13.8. The fraction of sp³-hybridized carbons (Fsp3) is 0.294. The van der Waals surface area contributed by atoms with Crippen LogP contribution in [0.5, 0.6) is 0 Å². The third-order valence-corrected chi connectivity index (χ3v) is 4.78. The first kappa shape index (κ1) is 17.5. The number of pyridine rings is 1. The molecule has 0 aliphatic carbocycles. The van der Waals surface area contributed by atoms with Crippen LogP contribution in [0.3, 0.4) is 0 Å². The first-order chi connectivity index (χ1) is 13.0. The van der Waals surface area contributed by atoms with E-state index in [1.807, 2.05) is 0 Å². The molecule has 1 amide bonds. The average Bonchev–Trinajstić information content (AvgIpc) is 3.05. The van der Waals surface area contributed by atoms with Crippen molar-refractivity contribution in [3.05, 3.63) is 41.6 Å². The van der Waals surface area contributed by atoms with Gasteiger partial charge < -0.3 is 15.3 Å². The lowest BCUT2D eigenvalue weighted by Crippen LogP contribution is -2.44. The number of piperidine rings is 1. The van der Waals surface area contributed by atoms with E-state index >= 15 is 0 Å². The summed E-state index contributed by atoms with van der Waals surface area (Å²) in [5.41, 5.74) is 1.08. The molecule has 1 fully saturated rings. The number of carboxylic acid groups (broad SMARTS) is 1. The van der Waals surface area contributed by atoms with Gasteiger partial charge in [-0.15, -0.1) is 0 Å². The quantitative estimate of drug-likeness (QED) is 0.713. The minimum Gasteiger partial charge on any atom is -0.465 e. The predicted molar refractivity (Wildman–Crippen MR) is 97.4 cm³/mol. The third-order valence-electron chi connectivity index (χ3n) is 4.50. The number of halogens is 2. The maximum Gasteiger partial charge on any atom is 0.407 e. The lowest BCUT2D eigenvalue weighted by atomic mass is 10.1. The van der Waals surface area contributed by atoms with Gasteiger partial charge in [-0.3, -0.25) is 0 Å². The van der Waals surface area contributed by atoms with Gasteiger partial charge in [0.05, 0.1) is 28.5 Å². The van der Waals surface area contributed by atoms with Gasteiger partial charge in [0.2, 0.25) is 0 Å². The molecule has 1 atom stereocenters. The summed E-state index contributed by atoms with van der Waals surface area (Å²) in [6.07, 6.45) is 5.26. The Morgan fingerprint density at radius 3 is 3.11 bits per heavy atom. The summed E-state index contributed by atoms with van der Waals surface area (Å²) in [6.45, 7) is 0.939. The van der Waals surface area contributed by atoms with Crippen LogP contribution in [0.4, 0.5) is 15.0 Å². The Morgan fingerprint density at radius 2 is 2.30 bits per heavy atom. The minimum absolute atomic E-state index is 0.0197. The molecule has 2 N–H and O–H groups in total. The highest BCUT2D eigenvalue weighted by molar-refractivity contribution is 6.30. The number of amides is 1. The number of fused-ring (bicyclic) bond motifs is 1. The van der Waals surface area contributed by atoms with Crippen molar-refractivity contribution >= 4 is 29.0 Å². The molecule has 3 aromatic rings. The maximum absolute atomic E-state index is 13.8. The monoisotopic (exact) mass is 390 g/mol. The van der Waals surface area contributed by atoms with Crippen LogP contribution in [0.1, 0.15) is 12.8 Å². The van der Waals surface area contributed by atoms with Crippen molar-refractivity contribution in [3.8, 4) is 11.4 Å². The molecule has 0 unspecified atom stereocenters. The van der Waals surface area contributed by atoms with Crippen molar-refractivity contribution in [2.45, 2.75) is 18.9 Å². The molecule has 8 nitrogen and oxygen atoms in total. The second-order valence-corrected chi connectivity index (χ2v) is 6.74. The number of nitrogens with zero attached hydrogens (tertiary/aromatic N) is 5. The van der Waals surface area contributed by atoms with E-state index in [1.165, 1.54) is 21.7 Å². The zero-order valence-corrected chi connectivity index (χ0v) is 14.9. The third kappa shape index (κ3) is 3.50. The molecule has 27 heavy (non-hydrogen) atoms. The number of rotatable bonds is 3. The van der Waals surface area contributed by atoms with E-state index in [1.54, 1.807) is 18.5 Å². The summed E-state index contributed by atoms with van der Waals surface area (Å²) in [6, 6.07) is 2.98. The molecule has 1 aliphatic rings. The minimum atomic E-state index is -0.920. The van der Waals surface area contributed by atoms with Gasteiger partial charge >= 0.3 is 6.09 Å².